The van der Waals surface area contributed by atoms with Crippen molar-refractivity contribution in [3.63, 3.8) is 0 Å². The number of carbonyl (C=O) groups is 3. The second-order valence-electron chi connectivity index (χ2n) is 7.56. The molecule has 0 unspecified atom stereocenters. The van der Waals surface area contributed by atoms with Crippen molar-refractivity contribution in [3.8, 4) is 0 Å². The number of imide groups is 1. The SMILES string of the molecule is Cc1ccc(NC(=O)[C@H](C)N2C(=O)[C@@H]3[C@H]4CC[C@@H](C4)[C@@H]3C2=O)cc1Cl. The van der Waals surface area contributed by atoms with Gasteiger partial charge in [-0.15, -0.1) is 0 Å². The first kappa shape index (κ1) is 16.6. The van der Waals surface area contributed by atoms with Gasteiger partial charge in [-0.3, -0.25) is 19.3 Å². The fourth-order valence-corrected chi connectivity index (χ4v) is 5.03. The van der Waals surface area contributed by atoms with Gasteiger partial charge in [0.25, 0.3) is 0 Å². The Balaban J connectivity index is 1.51. The molecule has 1 heterocycles. The van der Waals surface area contributed by atoms with Gasteiger partial charge in [0.15, 0.2) is 0 Å². The van der Waals surface area contributed by atoms with E-state index in [0.717, 1.165) is 24.8 Å². The summed E-state index contributed by atoms with van der Waals surface area (Å²) in [6, 6.07) is 4.43. The van der Waals surface area contributed by atoms with Crippen LogP contribution >= 0.6 is 11.6 Å². The summed E-state index contributed by atoms with van der Waals surface area (Å²) in [7, 11) is 0. The van der Waals surface area contributed by atoms with E-state index in [0.29, 0.717) is 22.5 Å². The predicted molar refractivity (Wildman–Crippen MR) is 93.9 cm³/mol. The van der Waals surface area contributed by atoms with Gasteiger partial charge in [0, 0.05) is 10.7 Å². The number of nitrogens with zero attached hydrogens (tertiary/aromatic N) is 1. The third-order valence-electron chi connectivity index (χ3n) is 6.17. The number of rotatable bonds is 3. The maximum absolute atomic E-state index is 12.8. The number of benzene rings is 1. The van der Waals surface area contributed by atoms with E-state index in [9.17, 15) is 14.4 Å². The lowest BCUT2D eigenvalue weighted by Crippen LogP contribution is -2.46. The third-order valence-corrected chi connectivity index (χ3v) is 6.57. The Morgan fingerprint density at radius 1 is 1.20 bits per heavy atom. The van der Waals surface area contributed by atoms with Crippen LogP contribution in [0.2, 0.25) is 5.02 Å². The molecule has 6 heteroatoms. The van der Waals surface area contributed by atoms with E-state index in [1.807, 2.05) is 13.0 Å². The number of hydrogen-bond donors (Lipinski definition) is 1. The normalized spacial score (nSPS) is 31.4. The van der Waals surface area contributed by atoms with Crippen molar-refractivity contribution in [2.45, 2.75) is 39.2 Å². The number of hydrogen-bond acceptors (Lipinski definition) is 3. The number of amides is 3. The van der Waals surface area contributed by atoms with Crippen molar-refractivity contribution >= 4 is 35.0 Å². The van der Waals surface area contributed by atoms with Crippen molar-refractivity contribution in [1.29, 1.82) is 0 Å². The minimum atomic E-state index is -0.815. The van der Waals surface area contributed by atoms with Gasteiger partial charge in [0.1, 0.15) is 6.04 Å². The molecule has 0 spiro atoms. The summed E-state index contributed by atoms with van der Waals surface area (Å²) < 4.78 is 0. The molecule has 25 heavy (non-hydrogen) atoms. The molecule has 2 saturated carbocycles. The standard InChI is InChI=1S/C19H21ClN2O3/c1-9-3-6-13(8-14(9)20)21-17(23)10(2)22-18(24)15-11-4-5-12(7-11)16(15)19(22)25/h3,6,8,10-12,15-16H,4-5,7H2,1-2H3,(H,21,23)/t10-,11-,12-,15-,16+/m0/s1. The molecule has 1 aromatic carbocycles. The average molecular weight is 361 g/mol. The maximum Gasteiger partial charge on any atom is 0.247 e. The van der Waals surface area contributed by atoms with Gasteiger partial charge in [-0.05, 0) is 62.6 Å². The number of aryl methyl sites for hydroxylation is 1. The fraction of sp³-hybridized carbons (Fsp3) is 0.526. The monoisotopic (exact) mass is 360 g/mol. The first-order valence-corrected chi connectivity index (χ1v) is 9.20. The summed E-state index contributed by atoms with van der Waals surface area (Å²) in [5, 5.41) is 3.32. The molecule has 2 aliphatic carbocycles. The lowest BCUT2D eigenvalue weighted by Gasteiger charge is -2.23. The second-order valence-corrected chi connectivity index (χ2v) is 7.97. The van der Waals surface area contributed by atoms with Crippen LogP contribution in [0.3, 0.4) is 0 Å². The molecule has 1 N–H and O–H groups in total. The maximum atomic E-state index is 12.8. The third kappa shape index (κ3) is 2.48. The molecule has 1 saturated heterocycles. The lowest BCUT2D eigenvalue weighted by atomic mass is 9.81. The van der Waals surface area contributed by atoms with Crippen molar-refractivity contribution in [2.24, 2.45) is 23.7 Å². The first-order chi connectivity index (χ1) is 11.9. The Morgan fingerprint density at radius 2 is 1.80 bits per heavy atom. The predicted octanol–water partition coefficient (Wildman–Crippen LogP) is 3.01. The highest BCUT2D eigenvalue weighted by Gasteiger charge is 2.62. The van der Waals surface area contributed by atoms with Crippen LogP contribution in [0.1, 0.15) is 31.7 Å². The Hall–Kier alpha value is -1.88. The topological polar surface area (TPSA) is 66.5 Å². The van der Waals surface area contributed by atoms with E-state index in [1.54, 1.807) is 19.1 Å². The molecular formula is C19H21ClN2O3. The Morgan fingerprint density at radius 3 is 2.36 bits per heavy atom. The van der Waals surface area contributed by atoms with Gasteiger partial charge >= 0.3 is 0 Å². The Kier molecular flexibility index (Phi) is 3.87. The minimum absolute atomic E-state index is 0.160. The average Bonchev–Trinajstić information content (AvgIpc) is 3.24. The number of fused-ring (bicyclic) bond motifs is 5. The lowest BCUT2D eigenvalue weighted by molar-refractivity contribution is -0.146. The summed E-state index contributed by atoms with van der Waals surface area (Å²) in [6.45, 7) is 3.50. The molecule has 4 rings (SSSR count). The van der Waals surface area contributed by atoms with Crippen molar-refractivity contribution in [2.75, 3.05) is 5.32 Å². The number of anilines is 1. The molecular weight excluding hydrogens is 340 g/mol. The smallest absolute Gasteiger partial charge is 0.247 e. The van der Waals surface area contributed by atoms with Gasteiger partial charge in [0.2, 0.25) is 17.7 Å². The zero-order chi connectivity index (χ0) is 17.9. The number of nitrogens with one attached hydrogen (secondary N) is 1. The quantitative estimate of drug-likeness (QED) is 0.842. The van der Waals surface area contributed by atoms with Gasteiger partial charge in [-0.2, -0.15) is 0 Å². The molecule has 3 amide bonds. The van der Waals surface area contributed by atoms with Gasteiger partial charge in [-0.1, -0.05) is 17.7 Å². The van der Waals surface area contributed by atoms with Crippen LogP contribution in [0.5, 0.6) is 0 Å². The molecule has 1 aliphatic heterocycles. The summed E-state index contributed by atoms with van der Waals surface area (Å²) in [6.07, 6.45) is 3.05. The number of carbonyl (C=O) groups excluding carboxylic acids is 3. The summed E-state index contributed by atoms with van der Waals surface area (Å²) >= 11 is 6.08. The van der Waals surface area contributed by atoms with E-state index in [1.165, 1.54) is 4.90 Å². The highest BCUT2D eigenvalue weighted by Crippen LogP contribution is 2.56. The van der Waals surface area contributed by atoms with E-state index >= 15 is 0 Å². The minimum Gasteiger partial charge on any atom is -0.324 e. The first-order valence-electron chi connectivity index (χ1n) is 8.82. The van der Waals surface area contributed by atoms with E-state index < -0.39 is 6.04 Å². The summed E-state index contributed by atoms with van der Waals surface area (Å²) in [5.74, 6) is -0.441. The van der Waals surface area contributed by atoms with Gasteiger partial charge in [-0.25, -0.2) is 0 Å². The molecule has 0 radical (unpaired) electrons. The van der Waals surface area contributed by atoms with Crippen LogP contribution in [0.4, 0.5) is 5.69 Å². The number of likely N-dealkylation sites (tertiary alicyclic amines) is 1. The zero-order valence-corrected chi connectivity index (χ0v) is 15.0. The molecule has 5 nitrogen and oxygen atoms in total. The van der Waals surface area contributed by atoms with Gasteiger partial charge in [0.05, 0.1) is 11.8 Å². The van der Waals surface area contributed by atoms with Crippen molar-refractivity contribution in [3.05, 3.63) is 28.8 Å². The van der Waals surface area contributed by atoms with E-state index in [4.69, 9.17) is 11.6 Å². The van der Waals surface area contributed by atoms with Crippen LogP contribution in [-0.2, 0) is 14.4 Å². The van der Waals surface area contributed by atoms with Crippen LogP contribution in [0.15, 0.2) is 18.2 Å². The molecule has 5 atom stereocenters. The zero-order valence-electron chi connectivity index (χ0n) is 14.3. The summed E-state index contributed by atoms with van der Waals surface area (Å²) in [5.41, 5.74) is 1.48. The molecule has 132 valence electrons. The number of halogens is 1. The molecule has 3 aliphatic rings. The molecule has 0 aromatic heterocycles. The van der Waals surface area contributed by atoms with Crippen molar-refractivity contribution < 1.29 is 14.4 Å². The van der Waals surface area contributed by atoms with E-state index in [-0.39, 0.29) is 29.6 Å². The van der Waals surface area contributed by atoms with Crippen LogP contribution < -0.4 is 5.32 Å². The van der Waals surface area contributed by atoms with Crippen LogP contribution in [0, 0.1) is 30.6 Å². The van der Waals surface area contributed by atoms with Crippen LogP contribution in [-0.4, -0.2) is 28.7 Å². The highest BCUT2D eigenvalue weighted by atomic mass is 35.5. The second kappa shape index (κ2) is 5.84. The largest absolute Gasteiger partial charge is 0.324 e. The van der Waals surface area contributed by atoms with Crippen molar-refractivity contribution in [1.82, 2.24) is 4.90 Å². The Labute approximate surface area is 151 Å². The van der Waals surface area contributed by atoms with Gasteiger partial charge < -0.3 is 5.32 Å². The van der Waals surface area contributed by atoms with Crippen LogP contribution in [0.25, 0.3) is 0 Å². The molecule has 1 aromatic rings. The summed E-state index contributed by atoms with van der Waals surface area (Å²) in [4.78, 5) is 39.4. The Bertz CT molecular complexity index is 750. The molecule has 2 bridgehead atoms. The highest BCUT2D eigenvalue weighted by molar-refractivity contribution is 6.31. The van der Waals surface area contributed by atoms with E-state index in [2.05, 4.69) is 5.32 Å². The fourth-order valence-electron chi connectivity index (χ4n) is 4.85. The molecule has 3 fully saturated rings.